The maximum Gasteiger partial charge on any atom is 0.337 e. The molecule has 0 aliphatic heterocycles. The number of carbonyl (C=O) groups is 1. The molecular formula is C14H16N4O2. The maximum absolute atomic E-state index is 11.3. The van der Waals surface area contributed by atoms with E-state index in [0.29, 0.717) is 11.6 Å². The molecule has 0 radical (unpaired) electrons. The summed E-state index contributed by atoms with van der Waals surface area (Å²) in [6, 6.07) is 6.82. The summed E-state index contributed by atoms with van der Waals surface area (Å²) in [6.07, 6.45) is 5.74. The van der Waals surface area contributed by atoms with Crippen molar-refractivity contribution in [2.24, 2.45) is 0 Å². The summed E-state index contributed by atoms with van der Waals surface area (Å²) >= 11 is 0. The lowest BCUT2D eigenvalue weighted by Crippen LogP contribution is -2.14. The molecule has 1 heterocycles. The van der Waals surface area contributed by atoms with E-state index in [1.54, 1.807) is 28.9 Å². The van der Waals surface area contributed by atoms with Crippen LogP contribution in [0.2, 0.25) is 0 Å². The topological polar surface area (TPSA) is 80.9 Å². The van der Waals surface area contributed by atoms with E-state index < -0.39 is 5.97 Å². The molecule has 1 aromatic carbocycles. The molecule has 6 nitrogen and oxygen atoms in total. The van der Waals surface area contributed by atoms with Crippen molar-refractivity contribution in [3.8, 4) is 5.69 Å². The lowest BCUT2D eigenvalue weighted by Gasteiger charge is -2.20. The molecule has 0 unspecified atom stereocenters. The molecule has 0 saturated heterocycles. The summed E-state index contributed by atoms with van der Waals surface area (Å²) in [7, 11) is 0. The Hall–Kier alpha value is -2.24. The first-order valence-electron chi connectivity index (χ1n) is 6.88. The fourth-order valence-electron chi connectivity index (χ4n) is 2.82. The lowest BCUT2D eigenvalue weighted by atomic mass is 9.88. The molecule has 1 N–H and O–H groups in total. The minimum atomic E-state index is -0.967. The number of hydrogen-bond acceptors (Lipinski definition) is 4. The molecule has 1 aliphatic rings. The van der Waals surface area contributed by atoms with Gasteiger partial charge in [0.05, 0.1) is 11.3 Å². The van der Waals surface area contributed by atoms with Crippen molar-refractivity contribution < 1.29 is 9.90 Å². The summed E-state index contributed by atoms with van der Waals surface area (Å²) in [5.74, 6) is 0.129. The van der Waals surface area contributed by atoms with E-state index in [1.165, 1.54) is 19.3 Å². The third kappa shape index (κ3) is 2.29. The number of aromatic nitrogens is 4. The van der Waals surface area contributed by atoms with Crippen LogP contribution in [0.1, 0.15) is 54.2 Å². The molecule has 2 aromatic rings. The van der Waals surface area contributed by atoms with Gasteiger partial charge in [-0.05, 0) is 35.4 Å². The SMILES string of the molecule is O=C(O)c1ccccc1-n1nnnc1C1CCCCC1. The Bertz CT molecular complexity index is 617. The van der Waals surface area contributed by atoms with Crippen LogP contribution in [0.5, 0.6) is 0 Å². The fraction of sp³-hybridized carbons (Fsp3) is 0.429. The Morgan fingerprint density at radius 2 is 1.95 bits per heavy atom. The van der Waals surface area contributed by atoms with Crippen molar-refractivity contribution in [1.29, 1.82) is 0 Å². The van der Waals surface area contributed by atoms with Crippen molar-refractivity contribution in [1.82, 2.24) is 20.2 Å². The van der Waals surface area contributed by atoms with Gasteiger partial charge in [0.2, 0.25) is 0 Å². The molecule has 0 bridgehead atoms. The Labute approximate surface area is 116 Å². The van der Waals surface area contributed by atoms with Crippen LogP contribution in [-0.2, 0) is 0 Å². The third-order valence-corrected chi connectivity index (χ3v) is 3.83. The summed E-state index contributed by atoms with van der Waals surface area (Å²) in [6.45, 7) is 0. The van der Waals surface area contributed by atoms with Gasteiger partial charge in [0.1, 0.15) is 0 Å². The van der Waals surface area contributed by atoms with Crippen LogP contribution in [0.15, 0.2) is 24.3 Å². The van der Waals surface area contributed by atoms with Crippen molar-refractivity contribution >= 4 is 5.97 Å². The van der Waals surface area contributed by atoms with Gasteiger partial charge in [-0.25, -0.2) is 4.79 Å². The first-order valence-corrected chi connectivity index (χ1v) is 6.88. The van der Waals surface area contributed by atoms with E-state index >= 15 is 0 Å². The Balaban J connectivity index is 2.03. The number of rotatable bonds is 3. The fourth-order valence-corrected chi connectivity index (χ4v) is 2.82. The Morgan fingerprint density at radius 1 is 1.20 bits per heavy atom. The van der Waals surface area contributed by atoms with Gasteiger partial charge >= 0.3 is 5.97 Å². The van der Waals surface area contributed by atoms with E-state index in [1.807, 2.05) is 0 Å². The van der Waals surface area contributed by atoms with Crippen molar-refractivity contribution in [3.05, 3.63) is 35.7 Å². The zero-order valence-electron chi connectivity index (χ0n) is 11.1. The number of hydrogen-bond donors (Lipinski definition) is 1. The molecule has 104 valence electrons. The average molecular weight is 272 g/mol. The molecule has 0 spiro atoms. The second-order valence-corrected chi connectivity index (χ2v) is 5.11. The van der Waals surface area contributed by atoms with Gasteiger partial charge in [0.15, 0.2) is 5.82 Å². The van der Waals surface area contributed by atoms with Gasteiger partial charge in [-0.3, -0.25) is 0 Å². The van der Waals surface area contributed by atoms with Crippen LogP contribution in [0.3, 0.4) is 0 Å². The molecule has 20 heavy (non-hydrogen) atoms. The smallest absolute Gasteiger partial charge is 0.337 e. The zero-order valence-corrected chi connectivity index (χ0v) is 11.1. The van der Waals surface area contributed by atoms with E-state index in [0.717, 1.165) is 18.7 Å². The number of benzene rings is 1. The second kappa shape index (κ2) is 5.40. The highest BCUT2D eigenvalue weighted by Crippen LogP contribution is 2.32. The molecule has 3 rings (SSSR count). The molecule has 1 aromatic heterocycles. The van der Waals surface area contributed by atoms with E-state index in [4.69, 9.17) is 0 Å². The van der Waals surface area contributed by atoms with Gasteiger partial charge < -0.3 is 5.11 Å². The quantitative estimate of drug-likeness (QED) is 0.927. The number of aromatic carboxylic acids is 1. The van der Waals surface area contributed by atoms with E-state index in [-0.39, 0.29) is 5.56 Å². The van der Waals surface area contributed by atoms with Crippen LogP contribution < -0.4 is 0 Å². The predicted molar refractivity (Wildman–Crippen MR) is 71.9 cm³/mol. The molecule has 0 amide bonds. The number of carboxylic acid groups (broad SMARTS) is 1. The molecule has 0 atom stereocenters. The van der Waals surface area contributed by atoms with Crippen LogP contribution in [-0.4, -0.2) is 31.3 Å². The molecule has 1 fully saturated rings. The third-order valence-electron chi connectivity index (χ3n) is 3.83. The monoisotopic (exact) mass is 272 g/mol. The van der Waals surface area contributed by atoms with Crippen LogP contribution in [0.25, 0.3) is 5.69 Å². The Kier molecular flexibility index (Phi) is 3.45. The van der Waals surface area contributed by atoms with E-state index in [2.05, 4.69) is 15.5 Å². The predicted octanol–water partition coefficient (Wildman–Crippen LogP) is 2.41. The van der Waals surface area contributed by atoms with Gasteiger partial charge in [-0.2, -0.15) is 4.68 Å². The minimum absolute atomic E-state index is 0.219. The average Bonchev–Trinajstić information content (AvgIpc) is 2.97. The largest absolute Gasteiger partial charge is 0.478 e. The number of tetrazole rings is 1. The number of para-hydroxylation sites is 1. The van der Waals surface area contributed by atoms with E-state index in [9.17, 15) is 9.90 Å². The van der Waals surface area contributed by atoms with Crippen molar-refractivity contribution in [2.45, 2.75) is 38.0 Å². The molecule has 6 heteroatoms. The second-order valence-electron chi connectivity index (χ2n) is 5.11. The summed E-state index contributed by atoms with van der Waals surface area (Å²) in [5, 5.41) is 21.2. The molecule has 1 aliphatic carbocycles. The van der Waals surface area contributed by atoms with Crippen LogP contribution in [0, 0.1) is 0 Å². The zero-order chi connectivity index (χ0) is 13.9. The Morgan fingerprint density at radius 3 is 2.70 bits per heavy atom. The molecular weight excluding hydrogens is 256 g/mol. The first-order chi connectivity index (χ1) is 9.77. The summed E-state index contributed by atoms with van der Waals surface area (Å²) in [5.41, 5.74) is 0.752. The summed E-state index contributed by atoms with van der Waals surface area (Å²) < 4.78 is 1.58. The van der Waals surface area contributed by atoms with Crippen molar-refractivity contribution in [2.75, 3.05) is 0 Å². The normalized spacial score (nSPS) is 16.2. The lowest BCUT2D eigenvalue weighted by molar-refractivity contribution is 0.0696. The highest BCUT2D eigenvalue weighted by atomic mass is 16.4. The van der Waals surface area contributed by atoms with Gasteiger partial charge in [0.25, 0.3) is 0 Å². The van der Waals surface area contributed by atoms with Crippen LogP contribution in [0.4, 0.5) is 0 Å². The van der Waals surface area contributed by atoms with Gasteiger partial charge in [-0.1, -0.05) is 31.4 Å². The standard InChI is InChI=1S/C14H16N4O2/c19-14(20)11-8-4-5-9-12(11)18-13(15-16-17-18)10-6-2-1-3-7-10/h4-5,8-10H,1-3,6-7H2,(H,19,20). The van der Waals surface area contributed by atoms with Crippen LogP contribution >= 0.6 is 0 Å². The van der Waals surface area contributed by atoms with Gasteiger partial charge in [-0.15, -0.1) is 5.10 Å². The highest BCUT2D eigenvalue weighted by molar-refractivity contribution is 5.91. The van der Waals surface area contributed by atoms with Crippen molar-refractivity contribution in [3.63, 3.8) is 0 Å². The van der Waals surface area contributed by atoms with Gasteiger partial charge in [0, 0.05) is 5.92 Å². The maximum atomic E-state index is 11.3. The number of carboxylic acids is 1. The number of nitrogens with zero attached hydrogens (tertiary/aromatic N) is 4. The minimum Gasteiger partial charge on any atom is -0.478 e. The summed E-state index contributed by atoms with van der Waals surface area (Å²) in [4.78, 5) is 11.3. The first kappa shape index (κ1) is 12.8. The highest BCUT2D eigenvalue weighted by Gasteiger charge is 2.24. The molecule has 1 saturated carbocycles.